The van der Waals surface area contributed by atoms with Crippen LogP contribution in [0.4, 0.5) is 5.69 Å². The van der Waals surface area contributed by atoms with Gasteiger partial charge >= 0.3 is 0 Å². The summed E-state index contributed by atoms with van der Waals surface area (Å²) in [4.78, 5) is 11.5. The number of carbonyl (C=O) groups is 1. The number of rotatable bonds is 3. The molecule has 0 spiro atoms. The third-order valence-corrected chi connectivity index (χ3v) is 5.14. The quantitative estimate of drug-likeness (QED) is 0.822. The Bertz CT molecular complexity index is 536. The zero-order valence-electron chi connectivity index (χ0n) is 12.3. The molecule has 2 aliphatic rings. The maximum Gasteiger partial charge on any atom is 0.228 e. The highest BCUT2D eigenvalue weighted by atomic mass is 35.5. The van der Waals surface area contributed by atoms with Crippen LogP contribution in [0.5, 0.6) is 0 Å². The highest BCUT2D eigenvalue weighted by Crippen LogP contribution is 2.36. The van der Waals surface area contributed by atoms with Gasteiger partial charge in [-0.15, -0.1) is 0 Å². The van der Waals surface area contributed by atoms with Gasteiger partial charge in [0.1, 0.15) is 0 Å². The van der Waals surface area contributed by atoms with E-state index < -0.39 is 0 Å². The van der Waals surface area contributed by atoms with Gasteiger partial charge < -0.3 is 11.1 Å². The average Bonchev–Trinajstić information content (AvgIpc) is 2.63. The van der Waals surface area contributed by atoms with E-state index in [-0.39, 0.29) is 11.9 Å². The summed E-state index contributed by atoms with van der Waals surface area (Å²) in [6.07, 6.45) is 9.39. The third-order valence-electron chi connectivity index (χ3n) is 4.81. The van der Waals surface area contributed by atoms with E-state index >= 15 is 0 Å². The van der Waals surface area contributed by atoms with Crippen molar-refractivity contribution in [2.24, 2.45) is 11.7 Å². The largest absolute Gasteiger partial charge is 0.325 e. The van der Waals surface area contributed by atoms with Crippen LogP contribution in [0.2, 0.25) is 5.02 Å². The zero-order valence-corrected chi connectivity index (χ0v) is 13.1. The number of nitrogens with one attached hydrogen (secondary N) is 1. The number of fused-ring (bicyclic) bond motifs is 1. The molecule has 0 radical (unpaired) electrons. The molecule has 0 bridgehead atoms. The van der Waals surface area contributed by atoms with E-state index in [0.29, 0.717) is 17.4 Å². The van der Waals surface area contributed by atoms with Crippen molar-refractivity contribution in [1.82, 2.24) is 0 Å². The molecule has 1 aromatic rings. The minimum atomic E-state index is -0.0263. The van der Waals surface area contributed by atoms with Gasteiger partial charge in [-0.1, -0.05) is 56.2 Å². The van der Waals surface area contributed by atoms with Gasteiger partial charge in [0.05, 0.1) is 6.42 Å². The van der Waals surface area contributed by atoms with Gasteiger partial charge in [0, 0.05) is 16.8 Å². The Hall–Kier alpha value is -1.06. The lowest BCUT2D eigenvalue weighted by Gasteiger charge is -2.21. The molecule has 3 N–H and O–H groups in total. The van der Waals surface area contributed by atoms with Gasteiger partial charge in [0.25, 0.3) is 0 Å². The summed E-state index contributed by atoms with van der Waals surface area (Å²) in [7, 11) is 0. The van der Waals surface area contributed by atoms with Crippen molar-refractivity contribution in [2.45, 2.75) is 57.4 Å². The summed E-state index contributed by atoms with van der Waals surface area (Å²) in [5.41, 5.74) is 9.28. The summed E-state index contributed by atoms with van der Waals surface area (Å²) in [6, 6.07) is 3.85. The summed E-state index contributed by atoms with van der Waals surface area (Å²) < 4.78 is 0. The molecule has 0 aromatic heterocycles. The van der Waals surface area contributed by atoms with E-state index in [1.165, 1.54) is 38.5 Å². The Morgan fingerprint density at radius 3 is 2.67 bits per heavy atom. The van der Waals surface area contributed by atoms with E-state index in [9.17, 15) is 4.79 Å². The van der Waals surface area contributed by atoms with Gasteiger partial charge in [-0.05, 0) is 29.5 Å². The summed E-state index contributed by atoms with van der Waals surface area (Å²) in [5.74, 6) is 0.752. The highest BCUT2D eigenvalue weighted by molar-refractivity contribution is 6.32. The van der Waals surface area contributed by atoms with Crippen molar-refractivity contribution >= 4 is 23.2 Å². The number of hydrogen-bond donors (Lipinski definition) is 2. The van der Waals surface area contributed by atoms with Crippen LogP contribution in [0.3, 0.4) is 0 Å². The molecule has 1 aromatic carbocycles. The van der Waals surface area contributed by atoms with Crippen molar-refractivity contribution in [3.05, 3.63) is 28.3 Å². The molecule has 1 unspecified atom stereocenters. The predicted octanol–water partition coefficient (Wildman–Crippen LogP) is 4.19. The fraction of sp³-hybridized carbons (Fsp3) is 0.588. The number of halogens is 1. The molecule has 3 rings (SSSR count). The molecule has 21 heavy (non-hydrogen) atoms. The van der Waals surface area contributed by atoms with Crippen molar-refractivity contribution < 1.29 is 4.79 Å². The lowest BCUT2D eigenvalue weighted by molar-refractivity contribution is -0.115. The molecule has 1 aliphatic heterocycles. The summed E-state index contributed by atoms with van der Waals surface area (Å²) >= 11 is 6.37. The molecular formula is C17H23ClN2O. The Morgan fingerprint density at radius 1 is 1.24 bits per heavy atom. The molecule has 0 saturated heterocycles. The Morgan fingerprint density at radius 2 is 1.95 bits per heavy atom. The van der Waals surface area contributed by atoms with Crippen molar-refractivity contribution in [2.75, 3.05) is 5.32 Å². The Balaban J connectivity index is 1.73. The van der Waals surface area contributed by atoms with Crippen LogP contribution >= 0.6 is 11.6 Å². The molecule has 1 heterocycles. The lowest BCUT2D eigenvalue weighted by Crippen LogP contribution is -2.16. The second kappa shape index (κ2) is 6.37. The van der Waals surface area contributed by atoms with Gasteiger partial charge in [0.15, 0.2) is 0 Å². The number of carbonyl (C=O) groups excluding carboxylic acids is 1. The van der Waals surface area contributed by atoms with Crippen molar-refractivity contribution in [3.63, 3.8) is 0 Å². The van der Waals surface area contributed by atoms with Crippen LogP contribution in [-0.2, 0) is 11.2 Å². The fourth-order valence-corrected chi connectivity index (χ4v) is 3.94. The molecule has 4 heteroatoms. The van der Waals surface area contributed by atoms with Gasteiger partial charge in [-0.3, -0.25) is 4.79 Å². The number of anilines is 1. The van der Waals surface area contributed by atoms with E-state index in [1.54, 1.807) is 0 Å². The summed E-state index contributed by atoms with van der Waals surface area (Å²) in [6.45, 7) is 0. The van der Waals surface area contributed by atoms with Crippen LogP contribution < -0.4 is 11.1 Å². The SMILES string of the molecule is NC(CC1CCCCCC1)c1cc2c(cc1Cl)NC(=O)C2. The first-order chi connectivity index (χ1) is 10.1. The number of benzene rings is 1. The van der Waals surface area contributed by atoms with E-state index in [1.807, 2.05) is 12.1 Å². The van der Waals surface area contributed by atoms with Crippen molar-refractivity contribution in [1.29, 1.82) is 0 Å². The highest BCUT2D eigenvalue weighted by Gasteiger charge is 2.23. The molecule has 1 fully saturated rings. The maximum absolute atomic E-state index is 11.5. The molecule has 1 aliphatic carbocycles. The topological polar surface area (TPSA) is 55.1 Å². The minimum Gasteiger partial charge on any atom is -0.325 e. The van der Waals surface area contributed by atoms with Crippen LogP contribution in [0.25, 0.3) is 0 Å². The number of amides is 1. The minimum absolute atomic E-state index is 0.0263. The fourth-order valence-electron chi connectivity index (χ4n) is 3.64. The van der Waals surface area contributed by atoms with Gasteiger partial charge in [-0.25, -0.2) is 0 Å². The van der Waals surface area contributed by atoms with Crippen molar-refractivity contribution in [3.8, 4) is 0 Å². The second-order valence-corrected chi connectivity index (χ2v) is 6.86. The molecule has 1 saturated carbocycles. The predicted molar refractivity (Wildman–Crippen MR) is 86.5 cm³/mol. The van der Waals surface area contributed by atoms with Crippen LogP contribution in [0.15, 0.2) is 12.1 Å². The van der Waals surface area contributed by atoms with Gasteiger partial charge in [-0.2, -0.15) is 0 Å². The average molecular weight is 307 g/mol. The molecule has 114 valence electrons. The standard InChI is InChI=1S/C17H23ClN2O/c18-14-10-16-12(9-17(21)20-16)8-13(14)15(19)7-11-5-3-1-2-4-6-11/h8,10-11,15H,1-7,9,19H2,(H,20,21). The smallest absolute Gasteiger partial charge is 0.228 e. The third kappa shape index (κ3) is 3.41. The van der Waals surface area contributed by atoms with Crippen LogP contribution in [-0.4, -0.2) is 5.91 Å². The number of nitrogens with two attached hydrogens (primary N) is 1. The van der Waals surface area contributed by atoms with E-state index in [4.69, 9.17) is 17.3 Å². The first-order valence-electron chi connectivity index (χ1n) is 8.01. The lowest BCUT2D eigenvalue weighted by atomic mass is 9.89. The second-order valence-electron chi connectivity index (χ2n) is 6.46. The first kappa shape index (κ1) is 14.9. The normalized spacial score (nSPS) is 20.8. The maximum atomic E-state index is 11.5. The monoisotopic (exact) mass is 306 g/mol. The number of hydrogen-bond acceptors (Lipinski definition) is 2. The Kier molecular flexibility index (Phi) is 4.51. The molecule has 1 atom stereocenters. The van der Waals surface area contributed by atoms with Crippen LogP contribution in [0.1, 0.15) is 62.1 Å². The van der Waals surface area contributed by atoms with E-state index in [2.05, 4.69) is 5.32 Å². The molecule has 3 nitrogen and oxygen atoms in total. The van der Waals surface area contributed by atoms with Crippen LogP contribution in [0, 0.1) is 5.92 Å². The first-order valence-corrected chi connectivity index (χ1v) is 8.39. The van der Waals surface area contributed by atoms with E-state index in [0.717, 1.165) is 23.2 Å². The zero-order chi connectivity index (χ0) is 14.8. The summed E-state index contributed by atoms with van der Waals surface area (Å²) in [5, 5.41) is 3.51. The molecular weight excluding hydrogens is 284 g/mol. The Labute approximate surface area is 131 Å². The van der Waals surface area contributed by atoms with Gasteiger partial charge in [0.2, 0.25) is 5.91 Å². The molecule has 1 amide bonds.